The van der Waals surface area contributed by atoms with Gasteiger partial charge in [0, 0.05) is 32.7 Å². The Labute approximate surface area is 106 Å². The van der Waals surface area contributed by atoms with Crippen LogP contribution >= 0.6 is 0 Å². The molecule has 0 aliphatic carbocycles. The lowest BCUT2D eigenvalue weighted by Gasteiger charge is -2.26. The predicted octanol–water partition coefficient (Wildman–Crippen LogP) is 1.20. The first-order valence-electron chi connectivity index (χ1n) is 6.50. The molecule has 0 unspecified atom stereocenters. The number of aliphatic hydroxyl groups excluding tert-OH is 1. The molecule has 17 heavy (non-hydrogen) atoms. The van der Waals surface area contributed by atoms with Crippen LogP contribution in [-0.4, -0.2) is 61.2 Å². The number of unbranched alkanes of at least 4 members (excludes halogenated alkanes) is 1. The van der Waals surface area contributed by atoms with Gasteiger partial charge in [0.1, 0.15) is 0 Å². The smallest absolute Gasteiger partial charge is 0.222 e. The Morgan fingerprint density at radius 2 is 1.82 bits per heavy atom. The fourth-order valence-corrected chi connectivity index (χ4v) is 1.63. The lowest BCUT2D eigenvalue weighted by atomic mass is 10.1. The van der Waals surface area contributed by atoms with E-state index in [0.717, 1.165) is 32.5 Å². The van der Waals surface area contributed by atoms with Crippen molar-refractivity contribution in [2.45, 2.75) is 33.1 Å². The van der Waals surface area contributed by atoms with Gasteiger partial charge in [0.05, 0.1) is 0 Å². The quantitative estimate of drug-likeness (QED) is 0.620. The van der Waals surface area contributed by atoms with Gasteiger partial charge in [-0.1, -0.05) is 13.8 Å². The molecular weight excluding hydrogens is 216 g/mol. The largest absolute Gasteiger partial charge is 0.396 e. The van der Waals surface area contributed by atoms with Crippen LogP contribution in [0.3, 0.4) is 0 Å². The summed E-state index contributed by atoms with van der Waals surface area (Å²) in [6.07, 6.45) is 2.06. The Hall–Kier alpha value is -0.610. The minimum Gasteiger partial charge on any atom is -0.396 e. The molecule has 0 aromatic rings. The molecule has 0 aromatic carbocycles. The summed E-state index contributed by atoms with van der Waals surface area (Å²) < 4.78 is 0. The van der Waals surface area contributed by atoms with Crippen LogP contribution in [0.25, 0.3) is 0 Å². The Morgan fingerprint density at radius 1 is 1.18 bits per heavy atom. The molecular formula is C13H28N2O2. The number of aliphatic hydroxyl groups is 1. The minimum absolute atomic E-state index is 0.176. The number of amides is 1. The summed E-state index contributed by atoms with van der Waals surface area (Å²) in [4.78, 5) is 16.0. The van der Waals surface area contributed by atoms with Gasteiger partial charge in [-0.05, 0) is 32.9 Å². The standard InChI is InChI=1S/C13H28N2O2/c1-12(2)11-15(9-8-14(3)4)13(17)7-5-6-10-16/h12,16H,5-11H2,1-4H3. The van der Waals surface area contributed by atoms with E-state index >= 15 is 0 Å². The van der Waals surface area contributed by atoms with Crippen molar-refractivity contribution in [3.05, 3.63) is 0 Å². The fraction of sp³-hybridized carbons (Fsp3) is 0.923. The van der Waals surface area contributed by atoms with Gasteiger partial charge in [-0.3, -0.25) is 4.79 Å². The molecule has 0 saturated carbocycles. The molecule has 0 radical (unpaired) electrons. The van der Waals surface area contributed by atoms with Gasteiger partial charge >= 0.3 is 0 Å². The Kier molecular flexibility index (Phi) is 9.09. The molecule has 4 heteroatoms. The van der Waals surface area contributed by atoms with Crippen molar-refractivity contribution in [1.29, 1.82) is 0 Å². The first-order chi connectivity index (χ1) is 7.97. The van der Waals surface area contributed by atoms with Crippen LogP contribution in [0, 0.1) is 5.92 Å². The molecule has 0 bridgehead atoms. The Morgan fingerprint density at radius 3 is 2.29 bits per heavy atom. The zero-order valence-electron chi connectivity index (χ0n) is 11.8. The van der Waals surface area contributed by atoms with Gasteiger partial charge in [-0.15, -0.1) is 0 Å². The van der Waals surface area contributed by atoms with E-state index in [9.17, 15) is 4.79 Å². The highest BCUT2D eigenvalue weighted by Gasteiger charge is 2.14. The molecule has 1 N–H and O–H groups in total. The first kappa shape index (κ1) is 16.4. The van der Waals surface area contributed by atoms with Gasteiger partial charge in [0.25, 0.3) is 0 Å². The van der Waals surface area contributed by atoms with Crippen LogP contribution < -0.4 is 0 Å². The molecule has 102 valence electrons. The third-order valence-corrected chi connectivity index (χ3v) is 2.55. The molecule has 1 amide bonds. The Balaban J connectivity index is 4.10. The highest BCUT2D eigenvalue weighted by Crippen LogP contribution is 2.05. The summed E-state index contributed by atoms with van der Waals surface area (Å²) in [7, 11) is 4.04. The van der Waals surface area contributed by atoms with Crippen molar-refractivity contribution in [2.24, 2.45) is 5.92 Å². The maximum absolute atomic E-state index is 12.0. The Bertz CT molecular complexity index is 206. The molecule has 0 atom stereocenters. The van der Waals surface area contributed by atoms with E-state index < -0.39 is 0 Å². The van der Waals surface area contributed by atoms with Crippen LogP contribution in [0.15, 0.2) is 0 Å². The minimum atomic E-state index is 0.176. The summed E-state index contributed by atoms with van der Waals surface area (Å²) in [5.74, 6) is 0.716. The van der Waals surface area contributed by atoms with Crippen molar-refractivity contribution in [3.63, 3.8) is 0 Å². The van der Waals surface area contributed by atoms with E-state index in [0.29, 0.717) is 12.3 Å². The van der Waals surface area contributed by atoms with Gasteiger partial charge < -0.3 is 14.9 Å². The number of carbonyl (C=O) groups excluding carboxylic acids is 1. The molecule has 0 fully saturated rings. The maximum atomic E-state index is 12.0. The van der Waals surface area contributed by atoms with Crippen LogP contribution in [0.1, 0.15) is 33.1 Å². The first-order valence-corrected chi connectivity index (χ1v) is 6.50. The molecule has 0 aliphatic rings. The molecule has 0 aliphatic heterocycles. The van der Waals surface area contributed by atoms with Gasteiger partial charge in [-0.2, -0.15) is 0 Å². The average molecular weight is 244 g/mol. The number of rotatable bonds is 9. The van der Waals surface area contributed by atoms with Crippen molar-refractivity contribution in [3.8, 4) is 0 Å². The molecule has 0 rings (SSSR count). The second-order valence-electron chi connectivity index (χ2n) is 5.22. The van der Waals surface area contributed by atoms with E-state index in [1.54, 1.807) is 0 Å². The zero-order chi connectivity index (χ0) is 13.3. The fourth-order valence-electron chi connectivity index (χ4n) is 1.63. The number of hydrogen-bond acceptors (Lipinski definition) is 3. The lowest BCUT2D eigenvalue weighted by Crippen LogP contribution is -2.38. The van der Waals surface area contributed by atoms with E-state index in [1.807, 2.05) is 19.0 Å². The maximum Gasteiger partial charge on any atom is 0.222 e. The van der Waals surface area contributed by atoms with Crippen LogP contribution in [0.2, 0.25) is 0 Å². The molecule has 0 saturated heterocycles. The van der Waals surface area contributed by atoms with E-state index in [4.69, 9.17) is 5.11 Å². The monoisotopic (exact) mass is 244 g/mol. The van der Waals surface area contributed by atoms with Crippen LogP contribution in [0.5, 0.6) is 0 Å². The molecule has 0 heterocycles. The molecule has 4 nitrogen and oxygen atoms in total. The summed E-state index contributed by atoms with van der Waals surface area (Å²) in [5, 5.41) is 8.71. The van der Waals surface area contributed by atoms with Gasteiger partial charge in [-0.25, -0.2) is 0 Å². The van der Waals surface area contributed by atoms with Crippen molar-refractivity contribution < 1.29 is 9.90 Å². The average Bonchev–Trinajstić information content (AvgIpc) is 2.23. The van der Waals surface area contributed by atoms with Gasteiger partial charge in [0.2, 0.25) is 5.91 Å². The summed E-state index contributed by atoms with van der Waals surface area (Å²) >= 11 is 0. The second kappa shape index (κ2) is 9.42. The highest BCUT2D eigenvalue weighted by atomic mass is 16.3. The van der Waals surface area contributed by atoms with Crippen molar-refractivity contribution in [1.82, 2.24) is 9.80 Å². The third kappa shape index (κ3) is 9.12. The van der Waals surface area contributed by atoms with Crippen LogP contribution in [-0.2, 0) is 4.79 Å². The number of carbonyl (C=O) groups is 1. The van der Waals surface area contributed by atoms with Crippen LogP contribution in [0.4, 0.5) is 0 Å². The van der Waals surface area contributed by atoms with Crippen molar-refractivity contribution in [2.75, 3.05) is 40.3 Å². The predicted molar refractivity (Wildman–Crippen MR) is 70.9 cm³/mol. The van der Waals surface area contributed by atoms with Gasteiger partial charge in [0.15, 0.2) is 0 Å². The number of likely N-dealkylation sites (N-methyl/N-ethyl adjacent to an activating group) is 1. The normalized spacial score (nSPS) is 11.2. The van der Waals surface area contributed by atoms with E-state index in [-0.39, 0.29) is 12.5 Å². The molecule has 0 spiro atoms. The number of nitrogens with zero attached hydrogens (tertiary/aromatic N) is 2. The van der Waals surface area contributed by atoms with Crippen molar-refractivity contribution >= 4 is 5.91 Å². The van der Waals surface area contributed by atoms with E-state index in [2.05, 4.69) is 18.7 Å². The number of hydrogen-bond donors (Lipinski definition) is 1. The lowest BCUT2D eigenvalue weighted by molar-refractivity contribution is -0.132. The summed E-state index contributed by atoms with van der Waals surface area (Å²) in [5.41, 5.74) is 0. The topological polar surface area (TPSA) is 43.8 Å². The second-order valence-corrected chi connectivity index (χ2v) is 5.22. The highest BCUT2D eigenvalue weighted by molar-refractivity contribution is 5.76. The third-order valence-electron chi connectivity index (χ3n) is 2.55. The van der Waals surface area contributed by atoms with E-state index in [1.165, 1.54) is 0 Å². The zero-order valence-corrected chi connectivity index (χ0v) is 11.8. The summed E-state index contributed by atoms with van der Waals surface area (Å²) in [6, 6.07) is 0. The SMILES string of the molecule is CC(C)CN(CCN(C)C)C(=O)CCCCO. The summed E-state index contributed by atoms with van der Waals surface area (Å²) in [6.45, 7) is 6.95. The molecule has 0 aromatic heterocycles.